The lowest BCUT2D eigenvalue weighted by molar-refractivity contribution is 0.446. The van der Waals surface area contributed by atoms with E-state index in [1.165, 1.54) is 49.7 Å². The average Bonchev–Trinajstić information content (AvgIpc) is 2.40. The Labute approximate surface area is 121 Å². The van der Waals surface area contributed by atoms with Crippen LogP contribution in [0.1, 0.15) is 68.8 Å². The summed E-state index contributed by atoms with van der Waals surface area (Å²) in [6, 6.07) is 9.19. The van der Waals surface area contributed by atoms with Gasteiger partial charge in [-0.1, -0.05) is 86.6 Å². The van der Waals surface area contributed by atoms with Gasteiger partial charge in [0.25, 0.3) is 0 Å². The first kappa shape index (κ1) is 15.8. The predicted molar refractivity (Wildman–Crippen MR) is 85.4 cm³/mol. The molecule has 0 aromatic heterocycles. The van der Waals surface area contributed by atoms with E-state index in [9.17, 15) is 0 Å². The van der Waals surface area contributed by atoms with Gasteiger partial charge in [0.2, 0.25) is 0 Å². The van der Waals surface area contributed by atoms with Crippen molar-refractivity contribution in [2.45, 2.75) is 64.1 Å². The van der Waals surface area contributed by atoms with Gasteiger partial charge in [0.05, 0.1) is 0 Å². The van der Waals surface area contributed by atoms with Crippen LogP contribution in [0, 0.1) is 5.92 Å². The van der Waals surface area contributed by atoms with Gasteiger partial charge in [0, 0.05) is 4.83 Å². The van der Waals surface area contributed by atoms with Gasteiger partial charge in [0.15, 0.2) is 0 Å². The fourth-order valence-electron chi connectivity index (χ4n) is 2.45. The van der Waals surface area contributed by atoms with Crippen LogP contribution in [0.5, 0.6) is 0 Å². The minimum Gasteiger partial charge on any atom is -0.0836 e. The lowest BCUT2D eigenvalue weighted by atomic mass is 9.91. The second-order valence-corrected chi connectivity index (χ2v) is 6.19. The Hall–Kier alpha value is -0.300. The van der Waals surface area contributed by atoms with Crippen LogP contribution in [0.25, 0.3) is 0 Å². The highest BCUT2D eigenvalue weighted by molar-refractivity contribution is 9.09. The van der Waals surface area contributed by atoms with E-state index in [1.807, 2.05) is 0 Å². The Bertz CT molecular complexity index is 315. The van der Waals surface area contributed by atoms with Crippen molar-refractivity contribution in [3.8, 4) is 0 Å². The number of rotatable bonds is 8. The lowest BCUT2D eigenvalue weighted by Gasteiger charge is -2.21. The Morgan fingerprint density at radius 2 is 1.67 bits per heavy atom. The highest BCUT2D eigenvalue weighted by Crippen LogP contribution is 2.36. The first-order valence-corrected chi connectivity index (χ1v) is 8.37. The van der Waals surface area contributed by atoms with Crippen LogP contribution in [-0.4, -0.2) is 0 Å². The number of unbranched alkanes of at least 4 members (excludes halogenated alkanes) is 1. The summed E-state index contributed by atoms with van der Waals surface area (Å²) in [5, 5.41) is 0. The maximum absolute atomic E-state index is 3.91. The third-order valence-corrected chi connectivity index (χ3v) is 4.98. The molecule has 1 rings (SSSR count). The molecule has 0 saturated carbocycles. The third-order valence-electron chi connectivity index (χ3n) is 3.70. The van der Waals surface area contributed by atoms with Crippen molar-refractivity contribution in [1.82, 2.24) is 0 Å². The molecular weight excluding hydrogens is 284 g/mol. The van der Waals surface area contributed by atoms with Gasteiger partial charge >= 0.3 is 0 Å². The van der Waals surface area contributed by atoms with E-state index in [1.54, 1.807) is 0 Å². The molecule has 0 aliphatic carbocycles. The van der Waals surface area contributed by atoms with Gasteiger partial charge in [-0.05, 0) is 29.9 Å². The Balaban J connectivity index is 2.65. The van der Waals surface area contributed by atoms with Crippen LogP contribution in [0.3, 0.4) is 0 Å². The summed E-state index contributed by atoms with van der Waals surface area (Å²) in [4.78, 5) is 0.518. The van der Waals surface area contributed by atoms with Crippen LogP contribution in [0.2, 0.25) is 0 Å². The Morgan fingerprint density at radius 1 is 1.00 bits per heavy atom. The van der Waals surface area contributed by atoms with Crippen molar-refractivity contribution < 1.29 is 0 Å². The average molecular weight is 311 g/mol. The van der Waals surface area contributed by atoms with E-state index >= 15 is 0 Å². The molecule has 0 aliphatic rings. The third kappa shape index (κ3) is 4.76. The summed E-state index contributed by atoms with van der Waals surface area (Å²) in [7, 11) is 0. The van der Waals surface area contributed by atoms with E-state index in [0.29, 0.717) is 4.83 Å². The van der Waals surface area contributed by atoms with Gasteiger partial charge in [-0.3, -0.25) is 0 Å². The first-order valence-electron chi connectivity index (χ1n) is 7.45. The van der Waals surface area contributed by atoms with E-state index in [4.69, 9.17) is 0 Å². The van der Waals surface area contributed by atoms with Crippen molar-refractivity contribution in [3.05, 3.63) is 35.4 Å². The summed E-state index contributed by atoms with van der Waals surface area (Å²) in [6.07, 6.45) is 7.65. The van der Waals surface area contributed by atoms with Gasteiger partial charge in [0.1, 0.15) is 0 Å². The van der Waals surface area contributed by atoms with Crippen molar-refractivity contribution in [1.29, 1.82) is 0 Å². The number of hydrogen-bond donors (Lipinski definition) is 0. The molecule has 2 unspecified atom stereocenters. The quantitative estimate of drug-likeness (QED) is 0.495. The minimum absolute atomic E-state index is 0.518. The summed E-state index contributed by atoms with van der Waals surface area (Å²) in [6.45, 7) is 6.81. The van der Waals surface area contributed by atoms with Crippen LogP contribution in [0.15, 0.2) is 24.3 Å². The first-order chi connectivity index (χ1) is 8.72. The lowest BCUT2D eigenvalue weighted by Crippen LogP contribution is -2.07. The second-order valence-electron chi connectivity index (χ2n) is 5.20. The molecule has 1 heteroatoms. The molecule has 2 atom stereocenters. The molecular formula is C17H27Br. The summed E-state index contributed by atoms with van der Waals surface area (Å²) in [5.74, 6) is 0.766. The second kappa shape index (κ2) is 8.74. The number of benzene rings is 1. The molecule has 0 spiro atoms. The molecule has 1 aromatic carbocycles. The fraction of sp³-hybridized carbons (Fsp3) is 0.647. The highest BCUT2D eigenvalue weighted by Gasteiger charge is 2.18. The van der Waals surface area contributed by atoms with Crippen molar-refractivity contribution in [2.24, 2.45) is 5.92 Å². The SMILES string of the molecule is CCCCC(CC)C(Br)c1ccc(CCC)cc1. The molecule has 0 nitrogen and oxygen atoms in total. The van der Waals surface area contributed by atoms with Gasteiger partial charge < -0.3 is 0 Å². The minimum atomic E-state index is 0.518. The zero-order valence-electron chi connectivity index (χ0n) is 12.1. The summed E-state index contributed by atoms with van der Waals surface area (Å²) >= 11 is 3.91. The predicted octanol–water partition coefficient (Wildman–Crippen LogP) is 6.29. The van der Waals surface area contributed by atoms with Gasteiger partial charge in [-0.25, -0.2) is 0 Å². The molecule has 102 valence electrons. The van der Waals surface area contributed by atoms with Crippen molar-refractivity contribution in [3.63, 3.8) is 0 Å². The van der Waals surface area contributed by atoms with E-state index in [2.05, 4.69) is 61.0 Å². The van der Waals surface area contributed by atoms with Crippen molar-refractivity contribution in [2.75, 3.05) is 0 Å². The topological polar surface area (TPSA) is 0 Å². The normalized spacial score (nSPS) is 14.4. The Kier molecular flexibility index (Phi) is 7.65. The highest BCUT2D eigenvalue weighted by atomic mass is 79.9. The smallest absolute Gasteiger partial charge is 0.0423 e. The number of hydrogen-bond acceptors (Lipinski definition) is 0. The maximum atomic E-state index is 3.91. The maximum Gasteiger partial charge on any atom is 0.0423 e. The summed E-state index contributed by atoms with van der Waals surface area (Å²) in [5.41, 5.74) is 2.90. The van der Waals surface area contributed by atoms with Crippen molar-refractivity contribution >= 4 is 15.9 Å². The van der Waals surface area contributed by atoms with Crippen LogP contribution < -0.4 is 0 Å². The van der Waals surface area contributed by atoms with Crippen LogP contribution in [-0.2, 0) is 6.42 Å². The van der Waals surface area contributed by atoms with Gasteiger partial charge in [-0.15, -0.1) is 0 Å². The molecule has 0 aliphatic heterocycles. The molecule has 0 bridgehead atoms. The van der Waals surface area contributed by atoms with Crippen LogP contribution in [0.4, 0.5) is 0 Å². The molecule has 0 heterocycles. The monoisotopic (exact) mass is 310 g/mol. The molecule has 0 radical (unpaired) electrons. The molecule has 0 amide bonds. The molecule has 18 heavy (non-hydrogen) atoms. The zero-order valence-corrected chi connectivity index (χ0v) is 13.7. The number of halogens is 1. The molecule has 0 N–H and O–H groups in total. The molecule has 1 aromatic rings. The molecule has 0 saturated heterocycles. The summed E-state index contributed by atoms with van der Waals surface area (Å²) < 4.78 is 0. The number of alkyl halides is 1. The largest absolute Gasteiger partial charge is 0.0836 e. The standard InChI is InChI=1S/C17H27Br/c1-4-7-9-15(6-3)17(18)16-12-10-14(8-5-2)11-13-16/h10-13,15,17H,4-9H2,1-3H3. The van der Waals surface area contributed by atoms with Crippen LogP contribution >= 0.6 is 15.9 Å². The van der Waals surface area contributed by atoms with E-state index < -0.39 is 0 Å². The molecule has 0 fully saturated rings. The van der Waals surface area contributed by atoms with E-state index in [0.717, 1.165) is 5.92 Å². The fourth-order valence-corrected chi connectivity index (χ4v) is 3.40. The Morgan fingerprint density at radius 3 is 2.17 bits per heavy atom. The number of aryl methyl sites for hydroxylation is 1. The van der Waals surface area contributed by atoms with Gasteiger partial charge in [-0.2, -0.15) is 0 Å². The zero-order chi connectivity index (χ0) is 13.4. The van der Waals surface area contributed by atoms with E-state index in [-0.39, 0.29) is 0 Å².